The number of rotatable bonds is 7. The number of hydrogen-bond acceptors (Lipinski definition) is 6. The van der Waals surface area contributed by atoms with Crippen LogP contribution in [0.5, 0.6) is 0 Å². The predicted molar refractivity (Wildman–Crippen MR) is 89.8 cm³/mol. The van der Waals surface area contributed by atoms with E-state index in [4.69, 9.17) is 5.14 Å². The molecule has 0 fully saturated rings. The van der Waals surface area contributed by atoms with Crippen molar-refractivity contribution in [1.29, 1.82) is 0 Å². The molecule has 0 saturated carbocycles. The van der Waals surface area contributed by atoms with Gasteiger partial charge in [0.1, 0.15) is 0 Å². The molecule has 2 aromatic carbocycles. The normalized spacial score (nSPS) is 12.0. The summed E-state index contributed by atoms with van der Waals surface area (Å²) >= 11 is 0. The third-order valence-electron chi connectivity index (χ3n) is 3.32. The van der Waals surface area contributed by atoms with Crippen LogP contribution >= 0.6 is 0 Å². The van der Waals surface area contributed by atoms with E-state index in [-0.39, 0.29) is 22.0 Å². The average Bonchev–Trinajstić information content (AvgIpc) is 2.54. The van der Waals surface area contributed by atoms with E-state index in [0.29, 0.717) is 6.42 Å². The zero-order chi connectivity index (χ0) is 18.7. The monoisotopic (exact) mass is 385 g/mol. The van der Waals surface area contributed by atoms with E-state index in [2.05, 4.69) is 4.72 Å². The fourth-order valence-corrected chi connectivity index (χ4v) is 3.55. The lowest BCUT2D eigenvalue weighted by Crippen LogP contribution is -2.26. The smallest absolute Gasteiger partial charge is 0.258 e. The van der Waals surface area contributed by atoms with E-state index in [0.717, 1.165) is 29.8 Å². The maximum atomic E-state index is 12.1. The minimum Gasteiger partial charge on any atom is -0.258 e. The summed E-state index contributed by atoms with van der Waals surface area (Å²) in [5, 5.41) is 15.6. The highest BCUT2D eigenvalue weighted by molar-refractivity contribution is 7.89. The molecule has 2 rings (SSSR count). The van der Waals surface area contributed by atoms with Crippen molar-refractivity contribution in [3.05, 3.63) is 64.2 Å². The topological polar surface area (TPSA) is 149 Å². The van der Waals surface area contributed by atoms with Crippen molar-refractivity contribution in [3.8, 4) is 0 Å². The van der Waals surface area contributed by atoms with Crippen molar-refractivity contribution in [3.63, 3.8) is 0 Å². The molecule has 0 saturated heterocycles. The molecule has 0 unspecified atom stereocenters. The summed E-state index contributed by atoms with van der Waals surface area (Å²) in [5.74, 6) is 0. The first kappa shape index (κ1) is 19.0. The minimum absolute atomic E-state index is 0.0253. The Morgan fingerprint density at radius 1 is 0.920 bits per heavy atom. The Kier molecular flexibility index (Phi) is 5.52. The number of non-ortho nitro benzene ring substituents is 1. The molecule has 0 aliphatic carbocycles. The Bertz CT molecular complexity index is 968. The van der Waals surface area contributed by atoms with Gasteiger partial charge in [-0.3, -0.25) is 10.1 Å². The molecule has 11 heteroatoms. The largest absolute Gasteiger partial charge is 0.269 e. The van der Waals surface area contributed by atoms with Crippen molar-refractivity contribution in [2.75, 3.05) is 6.54 Å². The molecule has 0 radical (unpaired) electrons. The highest BCUT2D eigenvalue weighted by Crippen LogP contribution is 2.15. The van der Waals surface area contributed by atoms with Crippen LogP contribution in [0.3, 0.4) is 0 Å². The molecule has 2 aromatic rings. The summed E-state index contributed by atoms with van der Waals surface area (Å²) in [5.41, 5.74) is 0.521. The van der Waals surface area contributed by atoms with Crippen LogP contribution in [0.1, 0.15) is 5.56 Å². The van der Waals surface area contributed by atoms with Crippen LogP contribution < -0.4 is 9.86 Å². The number of sulfonamides is 2. The molecule has 0 atom stereocenters. The lowest BCUT2D eigenvalue weighted by Gasteiger charge is -2.07. The molecule has 0 aromatic heterocycles. The molecule has 0 amide bonds. The van der Waals surface area contributed by atoms with Gasteiger partial charge >= 0.3 is 0 Å². The Balaban J connectivity index is 1.99. The molecular weight excluding hydrogens is 370 g/mol. The van der Waals surface area contributed by atoms with Gasteiger partial charge in [-0.15, -0.1) is 0 Å². The van der Waals surface area contributed by atoms with Crippen LogP contribution in [-0.4, -0.2) is 28.3 Å². The van der Waals surface area contributed by atoms with Gasteiger partial charge in [0, 0.05) is 18.7 Å². The molecule has 0 bridgehead atoms. The van der Waals surface area contributed by atoms with Crippen molar-refractivity contribution < 1.29 is 21.8 Å². The second kappa shape index (κ2) is 7.27. The van der Waals surface area contributed by atoms with Crippen LogP contribution in [0.25, 0.3) is 0 Å². The van der Waals surface area contributed by atoms with Gasteiger partial charge in [0.15, 0.2) is 0 Å². The Morgan fingerprint density at radius 3 is 1.92 bits per heavy atom. The van der Waals surface area contributed by atoms with Crippen molar-refractivity contribution in [1.82, 2.24) is 4.72 Å². The minimum atomic E-state index is -3.79. The molecule has 25 heavy (non-hydrogen) atoms. The third-order valence-corrected chi connectivity index (χ3v) is 5.72. The van der Waals surface area contributed by atoms with Crippen LogP contribution in [0.15, 0.2) is 58.3 Å². The molecule has 0 heterocycles. The van der Waals surface area contributed by atoms with Crippen molar-refractivity contribution in [2.45, 2.75) is 16.2 Å². The van der Waals surface area contributed by atoms with Crippen LogP contribution in [-0.2, 0) is 26.5 Å². The number of primary sulfonamides is 1. The van der Waals surface area contributed by atoms with E-state index >= 15 is 0 Å². The van der Waals surface area contributed by atoms with Crippen LogP contribution in [0.4, 0.5) is 5.69 Å². The summed E-state index contributed by atoms with van der Waals surface area (Å²) in [6.45, 7) is 0.0774. The summed E-state index contributed by atoms with van der Waals surface area (Å²) in [4.78, 5) is 9.85. The molecular formula is C14H15N3O6S2. The van der Waals surface area contributed by atoms with Gasteiger partial charge in [-0.2, -0.15) is 0 Å². The number of nitro groups is 1. The highest BCUT2D eigenvalue weighted by Gasteiger charge is 2.15. The molecule has 0 aliphatic rings. The summed E-state index contributed by atoms with van der Waals surface area (Å²) in [7, 11) is -7.56. The van der Waals surface area contributed by atoms with Crippen molar-refractivity contribution >= 4 is 25.7 Å². The van der Waals surface area contributed by atoms with Gasteiger partial charge in [-0.25, -0.2) is 26.7 Å². The number of nitrogens with two attached hydrogens (primary N) is 1. The number of nitro benzene ring substituents is 1. The van der Waals surface area contributed by atoms with Gasteiger partial charge in [0.25, 0.3) is 5.69 Å². The molecule has 134 valence electrons. The lowest BCUT2D eigenvalue weighted by molar-refractivity contribution is -0.384. The van der Waals surface area contributed by atoms with E-state index in [9.17, 15) is 26.9 Å². The SMILES string of the molecule is NS(=O)(=O)c1ccc(CCNS(=O)(=O)c2ccc([N+](=O)[O-])cc2)cc1. The highest BCUT2D eigenvalue weighted by atomic mass is 32.2. The molecule has 9 nitrogen and oxygen atoms in total. The second-order valence-corrected chi connectivity index (χ2v) is 8.42. The molecule has 0 spiro atoms. The quantitative estimate of drug-likeness (QED) is 0.531. The van der Waals surface area contributed by atoms with E-state index < -0.39 is 25.0 Å². The van der Waals surface area contributed by atoms with E-state index in [1.54, 1.807) is 12.1 Å². The standard InChI is InChI=1S/C14H15N3O6S2/c15-24(20,21)13-5-1-11(2-6-13)9-10-16-25(22,23)14-7-3-12(4-8-14)17(18)19/h1-8,16H,9-10H2,(H2,15,20,21). The van der Waals surface area contributed by atoms with Gasteiger partial charge in [0.05, 0.1) is 14.7 Å². The third kappa shape index (κ3) is 5.06. The Labute approximate surface area is 144 Å². The Morgan fingerprint density at radius 2 is 1.44 bits per heavy atom. The van der Waals surface area contributed by atoms with Gasteiger partial charge < -0.3 is 0 Å². The maximum Gasteiger partial charge on any atom is 0.269 e. The Hall–Kier alpha value is -2.34. The summed E-state index contributed by atoms with van der Waals surface area (Å²) < 4.78 is 48.9. The van der Waals surface area contributed by atoms with E-state index in [1.165, 1.54) is 12.1 Å². The first-order valence-electron chi connectivity index (χ1n) is 6.95. The molecule has 0 aliphatic heterocycles. The first-order valence-corrected chi connectivity index (χ1v) is 9.98. The second-order valence-electron chi connectivity index (χ2n) is 5.09. The van der Waals surface area contributed by atoms with Crippen LogP contribution in [0, 0.1) is 10.1 Å². The number of benzene rings is 2. The maximum absolute atomic E-state index is 12.1. The van der Waals surface area contributed by atoms with Gasteiger partial charge in [0.2, 0.25) is 20.0 Å². The average molecular weight is 385 g/mol. The number of hydrogen-bond donors (Lipinski definition) is 2. The van der Waals surface area contributed by atoms with E-state index in [1.807, 2.05) is 0 Å². The summed E-state index contributed by atoms with van der Waals surface area (Å²) in [6, 6.07) is 10.3. The van der Waals surface area contributed by atoms with Gasteiger partial charge in [-0.1, -0.05) is 12.1 Å². The fourth-order valence-electron chi connectivity index (χ4n) is 2.01. The summed E-state index contributed by atoms with van der Waals surface area (Å²) in [6.07, 6.45) is 0.330. The zero-order valence-corrected chi connectivity index (χ0v) is 14.5. The number of nitrogens with one attached hydrogen (secondary N) is 1. The zero-order valence-electron chi connectivity index (χ0n) is 12.8. The first-order chi connectivity index (χ1) is 11.6. The predicted octanol–water partition coefficient (Wildman–Crippen LogP) is 0.763. The van der Waals surface area contributed by atoms with Crippen LogP contribution in [0.2, 0.25) is 0 Å². The lowest BCUT2D eigenvalue weighted by atomic mass is 10.2. The fraction of sp³-hybridized carbons (Fsp3) is 0.143. The number of nitrogens with zero attached hydrogens (tertiary/aromatic N) is 1. The molecule has 3 N–H and O–H groups in total. The van der Waals surface area contributed by atoms with Gasteiger partial charge in [-0.05, 0) is 36.2 Å². The van der Waals surface area contributed by atoms with Crippen molar-refractivity contribution in [2.24, 2.45) is 5.14 Å².